The Morgan fingerprint density at radius 2 is 1.92 bits per heavy atom. The molecular weight excluding hydrogens is 312 g/mol. The number of hydrogen-bond donors (Lipinski definition) is 0. The molecule has 5 rings (SSSR count). The predicted octanol–water partition coefficient (Wildman–Crippen LogP) is 1.69. The van der Waals surface area contributed by atoms with E-state index in [0.29, 0.717) is 10.8 Å². The van der Waals surface area contributed by atoms with Gasteiger partial charge in [-0.1, -0.05) is 6.42 Å². The Balaban J connectivity index is 1.60. The maximum Gasteiger partial charge on any atom is 0.290 e. The Hall–Kier alpha value is -2.48. The average molecular weight is 332 g/mol. The molecule has 1 saturated heterocycles. The van der Waals surface area contributed by atoms with Crippen molar-refractivity contribution in [2.75, 3.05) is 13.1 Å². The van der Waals surface area contributed by atoms with Crippen LogP contribution in [-0.4, -0.2) is 28.9 Å². The van der Waals surface area contributed by atoms with Gasteiger partial charge in [0.25, 0.3) is 5.91 Å². The minimum Gasteiger partial charge on any atom is -0.370 e. The van der Waals surface area contributed by atoms with Gasteiger partial charge in [0.05, 0.1) is 22.6 Å². The zero-order chi connectivity index (χ0) is 17.0. The zero-order valence-corrected chi connectivity index (χ0v) is 14.2. The molecule has 0 aromatic carbocycles. The SMILES string of the molecule is N#CC1=C(N2CCC3(CCC3)CC2)c2cc(=C3CC3)ncc2=NC1=O. The first-order valence-corrected chi connectivity index (χ1v) is 9.20. The minimum absolute atomic E-state index is 0.190. The quantitative estimate of drug-likeness (QED) is 0.785. The number of amides is 1. The number of nitriles is 1. The first-order chi connectivity index (χ1) is 12.2. The molecule has 5 nitrogen and oxygen atoms in total. The van der Waals surface area contributed by atoms with Gasteiger partial charge in [-0.05, 0) is 55.6 Å². The van der Waals surface area contributed by atoms with Crippen LogP contribution in [-0.2, 0) is 4.79 Å². The molecule has 3 fully saturated rings. The van der Waals surface area contributed by atoms with E-state index in [9.17, 15) is 10.1 Å². The van der Waals surface area contributed by atoms with Gasteiger partial charge in [-0.15, -0.1) is 0 Å². The number of piperidine rings is 1. The zero-order valence-electron chi connectivity index (χ0n) is 14.2. The van der Waals surface area contributed by atoms with E-state index in [0.717, 1.165) is 55.4 Å². The van der Waals surface area contributed by atoms with Gasteiger partial charge in [0.15, 0.2) is 0 Å². The number of hydrogen-bond acceptors (Lipinski definition) is 4. The highest BCUT2D eigenvalue weighted by atomic mass is 16.1. The van der Waals surface area contributed by atoms with E-state index in [1.54, 1.807) is 6.20 Å². The molecular formula is C20H20N4O. The molecule has 4 aliphatic rings. The molecule has 5 heteroatoms. The van der Waals surface area contributed by atoms with Gasteiger partial charge in [0.2, 0.25) is 0 Å². The molecule has 0 atom stereocenters. The number of likely N-dealkylation sites (tertiary alicyclic amines) is 1. The predicted molar refractivity (Wildman–Crippen MR) is 92.3 cm³/mol. The molecule has 0 radical (unpaired) electrons. The van der Waals surface area contributed by atoms with Crippen LogP contribution in [0.15, 0.2) is 22.8 Å². The van der Waals surface area contributed by atoms with Crippen molar-refractivity contribution in [3.8, 4) is 6.07 Å². The number of fused-ring (bicyclic) bond motifs is 1. The molecule has 1 amide bonds. The summed E-state index contributed by atoms with van der Waals surface area (Å²) >= 11 is 0. The lowest BCUT2D eigenvalue weighted by Crippen LogP contribution is -2.44. The van der Waals surface area contributed by atoms with Crippen LogP contribution in [0.3, 0.4) is 0 Å². The Morgan fingerprint density at radius 3 is 2.52 bits per heavy atom. The summed E-state index contributed by atoms with van der Waals surface area (Å²) in [6.45, 7) is 1.84. The topological polar surface area (TPSA) is 69.3 Å². The fraction of sp³-hybridized carbons (Fsp3) is 0.500. The normalized spacial score (nSPS) is 23.7. The lowest BCUT2D eigenvalue weighted by Gasteiger charge is -2.49. The van der Waals surface area contributed by atoms with Crippen molar-refractivity contribution in [3.63, 3.8) is 0 Å². The van der Waals surface area contributed by atoms with Gasteiger partial charge in [-0.25, -0.2) is 4.99 Å². The van der Waals surface area contributed by atoms with Crippen LogP contribution in [0.2, 0.25) is 0 Å². The summed E-state index contributed by atoms with van der Waals surface area (Å²) in [7, 11) is 0. The third kappa shape index (κ3) is 2.31. The van der Waals surface area contributed by atoms with Crippen molar-refractivity contribution in [2.24, 2.45) is 10.4 Å². The molecule has 25 heavy (non-hydrogen) atoms. The molecule has 0 N–H and O–H groups in total. The summed E-state index contributed by atoms with van der Waals surface area (Å²) in [5, 5.41) is 11.2. The second kappa shape index (κ2) is 5.26. The summed E-state index contributed by atoms with van der Waals surface area (Å²) < 4.78 is 0. The maximum absolute atomic E-state index is 12.4. The second-order valence-corrected chi connectivity index (χ2v) is 7.78. The van der Waals surface area contributed by atoms with Crippen molar-refractivity contribution in [1.82, 2.24) is 9.88 Å². The van der Waals surface area contributed by atoms with Crippen LogP contribution in [0.5, 0.6) is 0 Å². The number of carbonyl (C=O) groups excluding carboxylic acids is 1. The van der Waals surface area contributed by atoms with Gasteiger partial charge in [-0.2, -0.15) is 5.26 Å². The van der Waals surface area contributed by atoms with Crippen molar-refractivity contribution in [2.45, 2.75) is 44.9 Å². The Kier molecular flexibility index (Phi) is 3.12. The van der Waals surface area contributed by atoms with Gasteiger partial charge in [0.1, 0.15) is 11.6 Å². The summed E-state index contributed by atoms with van der Waals surface area (Å²) in [5.41, 5.74) is 3.77. The molecule has 2 aliphatic heterocycles. The first-order valence-electron chi connectivity index (χ1n) is 9.20. The van der Waals surface area contributed by atoms with E-state index in [1.165, 1.54) is 24.8 Å². The fourth-order valence-corrected chi connectivity index (χ4v) is 4.45. The smallest absolute Gasteiger partial charge is 0.290 e. The van der Waals surface area contributed by atoms with Crippen molar-refractivity contribution >= 4 is 17.2 Å². The highest BCUT2D eigenvalue weighted by Gasteiger charge is 2.41. The van der Waals surface area contributed by atoms with Gasteiger partial charge < -0.3 is 4.90 Å². The monoisotopic (exact) mass is 332 g/mol. The minimum atomic E-state index is -0.428. The number of carbonyl (C=O) groups is 1. The van der Waals surface area contributed by atoms with Gasteiger partial charge >= 0.3 is 0 Å². The summed E-state index contributed by atoms with van der Waals surface area (Å²) in [4.78, 5) is 23.2. The molecule has 1 spiro atoms. The van der Waals surface area contributed by atoms with E-state index in [1.807, 2.05) is 6.07 Å². The van der Waals surface area contributed by atoms with Crippen LogP contribution < -0.4 is 10.7 Å². The van der Waals surface area contributed by atoms with E-state index in [2.05, 4.69) is 20.9 Å². The lowest BCUT2D eigenvalue weighted by atomic mass is 9.63. The van der Waals surface area contributed by atoms with Crippen LogP contribution in [0.1, 0.15) is 50.5 Å². The number of rotatable bonds is 1. The Bertz CT molecular complexity index is 962. The second-order valence-electron chi connectivity index (χ2n) is 7.78. The molecule has 1 aromatic heterocycles. The Morgan fingerprint density at radius 1 is 1.16 bits per heavy atom. The molecule has 2 aliphatic carbocycles. The van der Waals surface area contributed by atoms with Crippen LogP contribution in [0, 0.1) is 16.7 Å². The summed E-state index contributed by atoms with van der Waals surface area (Å²) in [5.74, 6) is -0.428. The summed E-state index contributed by atoms with van der Waals surface area (Å²) in [6, 6.07) is 4.16. The largest absolute Gasteiger partial charge is 0.370 e. The molecule has 3 heterocycles. The van der Waals surface area contributed by atoms with Crippen molar-refractivity contribution in [3.05, 3.63) is 34.1 Å². The maximum atomic E-state index is 12.4. The average Bonchev–Trinajstić information content (AvgIpc) is 3.44. The van der Waals surface area contributed by atoms with Crippen LogP contribution in [0.4, 0.5) is 0 Å². The third-order valence-electron chi connectivity index (χ3n) is 6.34. The molecule has 126 valence electrons. The van der Waals surface area contributed by atoms with Crippen molar-refractivity contribution < 1.29 is 4.79 Å². The molecule has 0 unspecified atom stereocenters. The van der Waals surface area contributed by atoms with Crippen LogP contribution in [0.25, 0.3) is 11.3 Å². The first kappa shape index (κ1) is 14.8. The van der Waals surface area contributed by atoms with Crippen LogP contribution >= 0.6 is 0 Å². The van der Waals surface area contributed by atoms with Gasteiger partial charge in [0, 0.05) is 18.7 Å². The number of pyridine rings is 1. The van der Waals surface area contributed by atoms with Crippen molar-refractivity contribution in [1.29, 1.82) is 5.26 Å². The van der Waals surface area contributed by atoms with E-state index < -0.39 is 5.91 Å². The van der Waals surface area contributed by atoms with Gasteiger partial charge in [-0.3, -0.25) is 9.78 Å². The molecule has 0 bridgehead atoms. The van der Waals surface area contributed by atoms with E-state index >= 15 is 0 Å². The van der Waals surface area contributed by atoms with E-state index in [4.69, 9.17) is 0 Å². The Labute approximate surface area is 146 Å². The third-order valence-corrected chi connectivity index (χ3v) is 6.34. The number of nitrogens with zero attached hydrogens (tertiary/aromatic N) is 4. The fourth-order valence-electron chi connectivity index (χ4n) is 4.45. The molecule has 1 aromatic rings. The highest BCUT2D eigenvalue weighted by Crippen LogP contribution is 2.49. The lowest BCUT2D eigenvalue weighted by molar-refractivity contribution is -0.114. The van der Waals surface area contributed by atoms with E-state index in [-0.39, 0.29) is 5.57 Å². The summed E-state index contributed by atoms with van der Waals surface area (Å²) in [6.07, 6.45) is 10.2. The number of aromatic nitrogens is 1. The highest BCUT2D eigenvalue weighted by molar-refractivity contribution is 6.06. The standard InChI is InChI=1S/C20H20N4O/c21-11-15-18(24-8-6-20(7-9-24)4-1-5-20)14-10-16(13-2-3-13)22-12-17(14)23-19(15)25/h10,12H,1-9H2. The molecule has 2 saturated carbocycles.